The molecular formula is C16H21N3O2. The van der Waals surface area contributed by atoms with Gasteiger partial charge in [0, 0.05) is 6.54 Å². The molecule has 0 aliphatic heterocycles. The van der Waals surface area contributed by atoms with Crippen molar-refractivity contribution in [2.75, 3.05) is 13.1 Å². The van der Waals surface area contributed by atoms with Crippen molar-refractivity contribution < 1.29 is 9.59 Å². The van der Waals surface area contributed by atoms with Gasteiger partial charge in [-0.3, -0.25) is 9.59 Å². The van der Waals surface area contributed by atoms with E-state index in [1.54, 1.807) is 0 Å². The van der Waals surface area contributed by atoms with Crippen molar-refractivity contribution in [3.05, 3.63) is 35.9 Å². The van der Waals surface area contributed by atoms with Crippen LogP contribution in [0.25, 0.3) is 0 Å². The van der Waals surface area contributed by atoms with Gasteiger partial charge in [-0.25, -0.2) is 0 Å². The number of primary amides is 1. The number of carbonyl (C=O) groups excluding carboxylic acids is 2. The Balaban J connectivity index is 2.83. The fourth-order valence-electron chi connectivity index (χ4n) is 2.12. The van der Waals surface area contributed by atoms with Gasteiger partial charge in [0.15, 0.2) is 0 Å². The van der Waals surface area contributed by atoms with Crippen LogP contribution in [0.4, 0.5) is 0 Å². The molecule has 5 nitrogen and oxygen atoms in total. The van der Waals surface area contributed by atoms with Gasteiger partial charge in [-0.2, -0.15) is 5.26 Å². The molecule has 0 aliphatic rings. The molecular weight excluding hydrogens is 266 g/mol. The minimum absolute atomic E-state index is 0.149. The third-order valence-corrected chi connectivity index (χ3v) is 2.98. The number of hydrogen-bond acceptors (Lipinski definition) is 3. The van der Waals surface area contributed by atoms with E-state index in [1.807, 2.05) is 50.2 Å². The number of benzene rings is 1. The molecule has 1 atom stereocenters. The van der Waals surface area contributed by atoms with Crippen molar-refractivity contribution in [3.63, 3.8) is 0 Å². The first kappa shape index (κ1) is 16.7. The molecule has 5 heteroatoms. The van der Waals surface area contributed by atoms with Gasteiger partial charge >= 0.3 is 0 Å². The van der Waals surface area contributed by atoms with Crippen LogP contribution in [0, 0.1) is 23.2 Å². The van der Waals surface area contributed by atoms with Crippen molar-refractivity contribution in [2.45, 2.75) is 20.3 Å². The fourth-order valence-corrected chi connectivity index (χ4v) is 2.12. The Morgan fingerprint density at radius 1 is 1.29 bits per heavy atom. The summed E-state index contributed by atoms with van der Waals surface area (Å²) >= 11 is 0. The van der Waals surface area contributed by atoms with Crippen LogP contribution in [0.15, 0.2) is 30.3 Å². The molecule has 0 aromatic heterocycles. The number of rotatable bonds is 7. The summed E-state index contributed by atoms with van der Waals surface area (Å²) < 4.78 is 0. The van der Waals surface area contributed by atoms with E-state index in [0.717, 1.165) is 5.56 Å². The van der Waals surface area contributed by atoms with Gasteiger partial charge in [0.1, 0.15) is 5.92 Å². The van der Waals surface area contributed by atoms with E-state index in [-0.39, 0.29) is 18.4 Å². The Hall–Kier alpha value is -2.35. The molecule has 0 aliphatic carbocycles. The molecule has 2 N–H and O–H groups in total. The monoisotopic (exact) mass is 287 g/mol. The highest BCUT2D eigenvalue weighted by atomic mass is 16.2. The third-order valence-electron chi connectivity index (χ3n) is 2.98. The number of nitriles is 1. The summed E-state index contributed by atoms with van der Waals surface area (Å²) in [5.41, 5.74) is 6.10. The van der Waals surface area contributed by atoms with E-state index in [9.17, 15) is 14.9 Å². The van der Waals surface area contributed by atoms with Crippen molar-refractivity contribution in [1.29, 1.82) is 5.26 Å². The van der Waals surface area contributed by atoms with Crippen LogP contribution < -0.4 is 5.73 Å². The van der Waals surface area contributed by atoms with E-state index >= 15 is 0 Å². The molecule has 0 radical (unpaired) electrons. The second-order valence-electron chi connectivity index (χ2n) is 5.45. The predicted molar refractivity (Wildman–Crippen MR) is 79.9 cm³/mol. The van der Waals surface area contributed by atoms with Crippen LogP contribution in [0.5, 0.6) is 0 Å². The summed E-state index contributed by atoms with van der Waals surface area (Å²) in [7, 11) is 0. The molecule has 2 amide bonds. The van der Waals surface area contributed by atoms with Gasteiger partial charge in [-0.05, 0) is 17.9 Å². The van der Waals surface area contributed by atoms with Gasteiger partial charge in [0.2, 0.25) is 11.8 Å². The maximum atomic E-state index is 12.4. The molecule has 21 heavy (non-hydrogen) atoms. The highest BCUT2D eigenvalue weighted by molar-refractivity contribution is 5.86. The summed E-state index contributed by atoms with van der Waals surface area (Å²) in [6.45, 7) is 4.15. The van der Waals surface area contributed by atoms with Crippen molar-refractivity contribution in [1.82, 2.24) is 4.90 Å². The number of nitrogens with two attached hydrogens (primary N) is 1. The quantitative estimate of drug-likeness (QED) is 0.821. The molecule has 0 bridgehead atoms. The Bertz CT molecular complexity index is 520. The highest BCUT2D eigenvalue weighted by Crippen LogP contribution is 2.12. The van der Waals surface area contributed by atoms with E-state index < -0.39 is 11.8 Å². The Morgan fingerprint density at radius 3 is 2.38 bits per heavy atom. The van der Waals surface area contributed by atoms with E-state index in [2.05, 4.69) is 0 Å². The van der Waals surface area contributed by atoms with Crippen molar-refractivity contribution in [2.24, 2.45) is 17.6 Å². The number of nitrogens with zero attached hydrogens (tertiary/aromatic N) is 2. The Morgan fingerprint density at radius 2 is 1.90 bits per heavy atom. The molecule has 0 saturated heterocycles. The largest absolute Gasteiger partial charge is 0.368 e. The average Bonchev–Trinajstić information content (AvgIpc) is 2.43. The second-order valence-corrected chi connectivity index (χ2v) is 5.45. The van der Waals surface area contributed by atoms with Crippen LogP contribution in [-0.4, -0.2) is 29.8 Å². The van der Waals surface area contributed by atoms with Crippen LogP contribution in [0.1, 0.15) is 19.4 Å². The van der Waals surface area contributed by atoms with E-state index in [4.69, 9.17) is 5.73 Å². The SMILES string of the molecule is CC(C)CN(CC(N)=O)C(=O)C(C#N)Cc1ccccc1. The maximum Gasteiger partial charge on any atom is 0.240 e. The molecule has 1 aromatic carbocycles. The summed E-state index contributed by atoms with van der Waals surface area (Å²) in [6, 6.07) is 11.4. The Kier molecular flexibility index (Phi) is 6.41. The van der Waals surface area contributed by atoms with Crippen LogP contribution in [-0.2, 0) is 16.0 Å². The maximum absolute atomic E-state index is 12.4. The highest BCUT2D eigenvalue weighted by Gasteiger charge is 2.26. The smallest absolute Gasteiger partial charge is 0.240 e. The van der Waals surface area contributed by atoms with E-state index in [0.29, 0.717) is 13.0 Å². The topological polar surface area (TPSA) is 87.2 Å². The summed E-state index contributed by atoms with van der Waals surface area (Å²) in [5.74, 6) is -1.51. The summed E-state index contributed by atoms with van der Waals surface area (Å²) in [4.78, 5) is 24.9. The van der Waals surface area contributed by atoms with Crippen molar-refractivity contribution in [3.8, 4) is 6.07 Å². The van der Waals surface area contributed by atoms with Gasteiger partial charge in [-0.15, -0.1) is 0 Å². The molecule has 0 heterocycles. The molecule has 112 valence electrons. The van der Waals surface area contributed by atoms with Crippen LogP contribution in [0.3, 0.4) is 0 Å². The Labute approximate surface area is 125 Å². The van der Waals surface area contributed by atoms with Crippen LogP contribution in [0.2, 0.25) is 0 Å². The second kappa shape index (κ2) is 8.05. The first-order valence-electron chi connectivity index (χ1n) is 6.94. The predicted octanol–water partition coefficient (Wildman–Crippen LogP) is 1.34. The zero-order valence-electron chi connectivity index (χ0n) is 12.5. The lowest BCUT2D eigenvalue weighted by atomic mass is 9.99. The molecule has 0 fully saturated rings. The summed E-state index contributed by atoms with van der Waals surface area (Å²) in [5, 5.41) is 9.26. The van der Waals surface area contributed by atoms with Gasteiger partial charge in [0.05, 0.1) is 12.6 Å². The fraction of sp³-hybridized carbons (Fsp3) is 0.438. The molecule has 0 spiro atoms. The molecule has 1 unspecified atom stereocenters. The minimum Gasteiger partial charge on any atom is -0.368 e. The number of hydrogen-bond donors (Lipinski definition) is 1. The van der Waals surface area contributed by atoms with Crippen molar-refractivity contribution >= 4 is 11.8 Å². The van der Waals surface area contributed by atoms with E-state index in [1.165, 1.54) is 4.90 Å². The number of carbonyl (C=O) groups is 2. The van der Waals surface area contributed by atoms with Gasteiger partial charge in [0.25, 0.3) is 0 Å². The molecule has 0 saturated carbocycles. The minimum atomic E-state index is -0.800. The zero-order valence-corrected chi connectivity index (χ0v) is 12.5. The van der Waals surface area contributed by atoms with Gasteiger partial charge in [-0.1, -0.05) is 44.2 Å². The van der Waals surface area contributed by atoms with Crippen LogP contribution >= 0.6 is 0 Å². The lowest BCUT2D eigenvalue weighted by Crippen LogP contribution is -2.43. The standard InChI is InChI=1S/C16H21N3O2/c1-12(2)10-19(11-15(18)20)16(21)14(9-17)8-13-6-4-3-5-7-13/h3-7,12,14H,8,10-11H2,1-2H3,(H2,18,20). The first-order valence-corrected chi connectivity index (χ1v) is 6.94. The molecule has 1 rings (SSSR count). The first-order chi connectivity index (χ1) is 9.93. The zero-order chi connectivity index (χ0) is 15.8. The lowest BCUT2D eigenvalue weighted by molar-refractivity contribution is -0.137. The van der Waals surface area contributed by atoms with Gasteiger partial charge < -0.3 is 10.6 Å². The lowest BCUT2D eigenvalue weighted by Gasteiger charge is -2.25. The number of amides is 2. The molecule has 1 aromatic rings. The average molecular weight is 287 g/mol. The third kappa shape index (κ3) is 5.65. The summed E-state index contributed by atoms with van der Waals surface area (Å²) in [6.07, 6.45) is 0.337. The normalized spacial score (nSPS) is 11.7.